The fourth-order valence-electron chi connectivity index (χ4n) is 3.07. The molecule has 1 unspecified atom stereocenters. The highest BCUT2D eigenvalue weighted by atomic mass is 32.1. The Hall–Kier alpha value is -0.910. The maximum Gasteiger partial charge on any atom is 0.238 e. The van der Waals surface area contributed by atoms with E-state index in [1.165, 1.54) is 24.1 Å². The van der Waals surface area contributed by atoms with Crippen LogP contribution in [0.5, 0.6) is 0 Å². The van der Waals surface area contributed by atoms with Gasteiger partial charge in [0.05, 0.1) is 6.54 Å². The van der Waals surface area contributed by atoms with Gasteiger partial charge in [-0.05, 0) is 44.8 Å². The highest BCUT2D eigenvalue weighted by molar-refractivity contribution is 7.10. The van der Waals surface area contributed by atoms with Crippen molar-refractivity contribution >= 4 is 17.2 Å². The molecule has 1 N–H and O–H groups in total. The number of likely N-dealkylation sites (N-methyl/N-ethyl adjacent to an activating group) is 1. The molecule has 2 heterocycles. The topological polar surface area (TPSA) is 35.6 Å². The maximum atomic E-state index is 12.2. The van der Waals surface area contributed by atoms with Gasteiger partial charge in [-0.25, -0.2) is 0 Å². The van der Waals surface area contributed by atoms with Crippen molar-refractivity contribution in [2.45, 2.75) is 31.0 Å². The third-order valence-electron chi connectivity index (χ3n) is 4.59. The Morgan fingerprint density at radius 3 is 2.84 bits per heavy atom. The molecule has 4 nitrogen and oxygen atoms in total. The highest BCUT2D eigenvalue weighted by Crippen LogP contribution is 2.39. The van der Waals surface area contributed by atoms with Crippen molar-refractivity contribution in [3.8, 4) is 0 Å². The summed E-state index contributed by atoms with van der Waals surface area (Å²) in [5, 5.41) is 5.41. The zero-order valence-electron chi connectivity index (χ0n) is 11.6. The third kappa shape index (κ3) is 2.20. The lowest BCUT2D eigenvalue weighted by atomic mass is 9.75. The number of nitrogens with one attached hydrogen (secondary N) is 1. The van der Waals surface area contributed by atoms with Gasteiger partial charge in [0.2, 0.25) is 5.91 Å². The number of nitrogens with zero attached hydrogens (tertiary/aromatic N) is 2. The van der Waals surface area contributed by atoms with Crippen molar-refractivity contribution in [1.29, 1.82) is 0 Å². The second-order valence-electron chi connectivity index (χ2n) is 5.79. The summed E-state index contributed by atoms with van der Waals surface area (Å²) < 4.78 is 0. The van der Waals surface area contributed by atoms with Crippen LogP contribution in [-0.2, 0) is 4.79 Å². The Labute approximate surface area is 118 Å². The summed E-state index contributed by atoms with van der Waals surface area (Å²) in [5.74, 6) is 0.228. The number of hydrogen-bond donors (Lipinski definition) is 1. The molecule has 2 aliphatic rings. The molecule has 0 radical (unpaired) electrons. The monoisotopic (exact) mass is 279 g/mol. The SMILES string of the molecule is CN(C)C1(CN2C(=O)CNC2c2cccs2)CCC1. The van der Waals surface area contributed by atoms with Crippen LogP contribution in [0.1, 0.15) is 30.3 Å². The summed E-state index contributed by atoms with van der Waals surface area (Å²) in [6.45, 7) is 1.31. The summed E-state index contributed by atoms with van der Waals surface area (Å²) >= 11 is 1.72. The minimum atomic E-state index is 0.0740. The molecule has 1 aliphatic carbocycles. The Morgan fingerprint density at radius 1 is 1.53 bits per heavy atom. The molecule has 19 heavy (non-hydrogen) atoms. The van der Waals surface area contributed by atoms with Crippen molar-refractivity contribution in [3.05, 3.63) is 22.4 Å². The van der Waals surface area contributed by atoms with E-state index in [2.05, 4.69) is 35.8 Å². The Kier molecular flexibility index (Phi) is 3.37. The lowest BCUT2D eigenvalue weighted by molar-refractivity contribution is -0.131. The van der Waals surface area contributed by atoms with Gasteiger partial charge in [-0.1, -0.05) is 6.07 Å². The molecule has 5 heteroatoms. The lowest BCUT2D eigenvalue weighted by Gasteiger charge is -2.49. The molecule has 1 amide bonds. The smallest absolute Gasteiger partial charge is 0.238 e. The van der Waals surface area contributed by atoms with Gasteiger partial charge in [-0.15, -0.1) is 11.3 Å². The first kappa shape index (κ1) is 13.1. The molecule has 0 aromatic carbocycles. The van der Waals surface area contributed by atoms with Crippen LogP contribution in [0.25, 0.3) is 0 Å². The van der Waals surface area contributed by atoms with E-state index in [1.54, 1.807) is 11.3 Å². The molecule has 2 fully saturated rings. The molecule has 1 saturated heterocycles. The predicted molar refractivity (Wildman–Crippen MR) is 77.0 cm³/mol. The molecule has 0 spiro atoms. The maximum absolute atomic E-state index is 12.2. The van der Waals surface area contributed by atoms with E-state index in [9.17, 15) is 4.79 Å². The average Bonchev–Trinajstić information content (AvgIpc) is 2.93. The Balaban J connectivity index is 1.79. The van der Waals surface area contributed by atoms with Crippen LogP contribution in [0.3, 0.4) is 0 Å². The minimum Gasteiger partial charge on any atom is -0.319 e. The van der Waals surface area contributed by atoms with Crippen LogP contribution >= 0.6 is 11.3 Å². The highest BCUT2D eigenvalue weighted by Gasteiger charge is 2.44. The first-order valence-corrected chi connectivity index (χ1v) is 7.74. The molecule has 3 rings (SSSR count). The van der Waals surface area contributed by atoms with E-state index in [4.69, 9.17) is 0 Å². The van der Waals surface area contributed by atoms with Crippen LogP contribution in [-0.4, -0.2) is 48.4 Å². The number of amides is 1. The number of carbonyl (C=O) groups excluding carboxylic acids is 1. The molecular weight excluding hydrogens is 258 g/mol. The summed E-state index contributed by atoms with van der Waals surface area (Å²) in [7, 11) is 4.26. The van der Waals surface area contributed by atoms with E-state index in [0.717, 1.165) is 6.54 Å². The van der Waals surface area contributed by atoms with Crippen LogP contribution in [0.2, 0.25) is 0 Å². The zero-order chi connectivity index (χ0) is 13.5. The van der Waals surface area contributed by atoms with E-state index in [1.807, 2.05) is 11.0 Å². The first-order valence-electron chi connectivity index (χ1n) is 6.86. The zero-order valence-corrected chi connectivity index (χ0v) is 12.4. The largest absolute Gasteiger partial charge is 0.319 e. The summed E-state index contributed by atoms with van der Waals surface area (Å²) in [6.07, 6.45) is 3.74. The van der Waals surface area contributed by atoms with Gasteiger partial charge >= 0.3 is 0 Å². The molecule has 1 aromatic rings. The lowest BCUT2D eigenvalue weighted by Crippen LogP contribution is -2.58. The second-order valence-corrected chi connectivity index (χ2v) is 6.77. The molecular formula is C14H21N3OS. The van der Waals surface area contributed by atoms with Crippen LogP contribution in [0.4, 0.5) is 0 Å². The van der Waals surface area contributed by atoms with Crippen LogP contribution in [0.15, 0.2) is 17.5 Å². The standard InChI is InChI=1S/C14H21N3OS/c1-16(2)14(6-4-7-14)10-17-12(18)9-15-13(17)11-5-3-8-19-11/h3,5,8,13,15H,4,6-7,9-10H2,1-2H3. The average molecular weight is 279 g/mol. The second kappa shape index (κ2) is 4.89. The van der Waals surface area contributed by atoms with Crippen molar-refractivity contribution in [2.24, 2.45) is 0 Å². The van der Waals surface area contributed by atoms with Crippen molar-refractivity contribution in [3.63, 3.8) is 0 Å². The van der Waals surface area contributed by atoms with Gasteiger partial charge in [-0.2, -0.15) is 0 Å². The van der Waals surface area contributed by atoms with E-state index < -0.39 is 0 Å². The van der Waals surface area contributed by atoms with Crippen molar-refractivity contribution in [1.82, 2.24) is 15.1 Å². The Bertz CT molecular complexity index is 453. The predicted octanol–water partition coefficient (Wildman–Crippen LogP) is 1.66. The van der Waals surface area contributed by atoms with Crippen molar-refractivity contribution < 1.29 is 4.79 Å². The van der Waals surface area contributed by atoms with Crippen molar-refractivity contribution in [2.75, 3.05) is 27.2 Å². The van der Waals surface area contributed by atoms with Gasteiger partial charge in [0, 0.05) is 17.0 Å². The molecule has 0 bridgehead atoms. The molecule has 1 saturated carbocycles. The van der Waals surface area contributed by atoms with Gasteiger partial charge < -0.3 is 9.80 Å². The number of thiophene rings is 1. The summed E-state index contributed by atoms with van der Waals surface area (Å²) in [5.41, 5.74) is 0.192. The van der Waals surface area contributed by atoms with Crippen LogP contribution < -0.4 is 5.32 Å². The molecule has 1 aliphatic heterocycles. The molecule has 1 atom stereocenters. The summed E-state index contributed by atoms with van der Waals surface area (Å²) in [4.78, 5) is 17.7. The Morgan fingerprint density at radius 2 is 2.32 bits per heavy atom. The van der Waals surface area contributed by atoms with E-state index in [-0.39, 0.29) is 17.6 Å². The fraction of sp³-hybridized carbons (Fsp3) is 0.643. The first-order chi connectivity index (χ1) is 9.12. The number of carbonyl (C=O) groups is 1. The third-order valence-corrected chi connectivity index (χ3v) is 5.51. The normalized spacial score (nSPS) is 25.9. The van der Waals surface area contributed by atoms with Gasteiger partial charge in [0.25, 0.3) is 0 Å². The van der Waals surface area contributed by atoms with Gasteiger partial charge in [0.1, 0.15) is 6.17 Å². The number of rotatable bonds is 4. The molecule has 1 aromatic heterocycles. The quantitative estimate of drug-likeness (QED) is 0.910. The van der Waals surface area contributed by atoms with E-state index in [0.29, 0.717) is 6.54 Å². The number of hydrogen-bond acceptors (Lipinski definition) is 4. The van der Waals surface area contributed by atoms with E-state index >= 15 is 0 Å². The fourth-order valence-corrected chi connectivity index (χ4v) is 3.88. The molecule has 104 valence electrons. The van der Waals surface area contributed by atoms with Crippen LogP contribution in [0, 0.1) is 0 Å². The van der Waals surface area contributed by atoms with Gasteiger partial charge in [-0.3, -0.25) is 10.1 Å². The minimum absolute atomic E-state index is 0.0740. The van der Waals surface area contributed by atoms with Gasteiger partial charge in [0.15, 0.2) is 0 Å². The summed E-state index contributed by atoms with van der Waals surface area (Å²) in [6, 6.07) is 4.16.